The van der Waals surface area contributed by atoms with Gasteiger partial charge in [-0.15, -0.1) is 0 Å². The number of carbonyl (C=O) groups excluding carboxylic acids is 4. The van der Waals surface area contributed by atoms with E-state index in [1.165, 1.54) is 12.2 Å². The highest BCUT2D eigenvalue weighted by molar-refractivity contribution is 6.28. The van der Waals surface area contributed by atoms with Gasteiger partial charge in [0.05, 0.1) is 11.7 Å². The van der Waals surface area contributed by atoms with E-state index in [1.54, 1.807) is 24.3 Å². The summed E-state index contributed by atoms with van der Waals surface area (Å²) < 4.78 is 0. The fourth-order valence-corrected chi connectivity index (χ4v) is 2.90. The van der Waals surface area contributed by atoms with Gasteiger partial charge in [0.1, 0.15) is 6.04 Å². The number of carbonyl (C=O) groups is 4. The Morgan fingerprint density at radius 3 is 2.17 bits per heavy atom. The SMILES string of the molecule is CNCCC[C@H](NC(=O)C(N)C(C)C)C(=O)Nc1ccc(N2C(=O)C=CC2=O)cc1. The second-order valence-electron chi connectivity index (χ2n) is 7.46. The van der Waals surface area contributed by atoms with E-state index in [0.29, 0.717) is 30.8 Å². The normalized spacial score (nSPS) is 15.4. The number of nitrogens with zero attached hydrogens (tertiary/aromatic N) is 1. The molecule has 1 aromatic rings. The summed E-state index contributed by atoms with van der Waals surface area (Å²) in [4.78, 5) is 49.7. The Balaban J connectivity index is 2.05. The van der Waals surface area contributed by atoms with Crippen LogP contribution in [0.1, 0.15) is 26.7 Å². The maximum atomic E-state index is 12.8. The van der Waals surface area contributed by atoms with Gasteiger partial charge in [-0.05, 0) is 56.6 Å². The minimum absolute atomic E-state index is 0.0518. The van der Waals surface area contributed by atoms with Crippen LogP contribution in [-0.2, 0) is 19.2 Å². The second-order valence-corrected chi connectivity index (χ2v) is 7.46. The lowest BCUT2D eigenvalue weighted by Gasteiger charge is -2.22. The van der Waals surface area contributed by atoms with E-state index in [2.05, 4.69) is 16.0 Å². The number of amides is 4. The van der Waals surface area contributed by atoms with Crippen molar-refractivity contribution in [3.63, 3.8) is 0 Å². The van der Waals surface area contributed by atoms with E-state index >= 15 is 0 Å². The predicted octanol–water partition coefficient (Wildman–Crippen LogP) is 0.522. The first-order valence-electron chi connectivity index (χ1n) is 9.92. The lowest BCUT2D eigenvalue weighted by atomic mass is 10.0. The molecule has 0 spiro atoms. The number of imide groups is 1. The van der Waals surface area contributed by atoms with Crippen molar-refractivity contribution in [3.05, 3.63) is 36.4 Å². The van der Waals surface area contributed by atoms with Crippen LogP contribution in [-0.4, -0.2) is 49.3 Å². The van der Waals surface area contributed by atoms with E-state index < -0.39 is 23.9 Å². The monoisotopic (exact) mass is 415 g/mol. The van der Waals surface area contributed by atoms with Crippen molar-refractivity contribution in [2.45, 2.75) is 38.8 Å². The highest BCUT2D eigenvalue weighted by Crippen LogP contribution is 2.21. The molecule has 1 aromatic carbocycles. The smallest absolute Gasteiger partial charge is 0.258 e. The molecule has 1 aliphatic heterocycles. The van der Waals surface area contributed by atoms with Gasteiger partial charge in [-0.2, -0.15) is 0 Å². The van der Waals surface area contributed by atoms with Crippen LogP contribution < -0.4 is 26.6 Å². The molecular formula is C21H29N5O4. The number of hydrogen-bond donors (Lipinski definition) is 4. The Bertz CT molecular complexity index is 801. The largest absolute Gasteiger partial charge is 0.343 e. The molecule has 5 N–H and O–H groups in total. The molecule has 4 amide bonds. The summed E-state index contributed by atoms with van der Waals surface area (Å²) in [5.41, 5.74) is 6.79. The Morgan fingerprint density at radius 2 is 1.63 bits per heavy atom. The molecule has 0 aromatic heterocycles. The topological polar surface area (TPSA) is 134 Å². The number of nitrogens with two attached hydrogens (primary N) is 1. The highest BCUT2D eigenvalue weighted by Gasteiger charge is 2.26. The molecule has 0 radical (unpaired) electrons. The van der Waals surface area contributed by atoms with Gasteiger partial charge in [-0.1, -0.05) is 13.8 Å². The zero-order valence-corrected chi connectivity index (χ0v) is 17.5. The Hall–Kier alpha value is -3.04. The molecule has 9 nitrogen and oxygen atoms in total. The molecule has 30 heavy (non-hydrogen) atoms. The van der Waals surface area contributed by atoms with Crippen molar-refractivity contribution in [1.29, 1.82) is 0 Å². The van der Waals surface area contributed by atoms with Crippen LogP contribution in [0.4, 0.5) is 11.4 Å². The summed E-state index contributed by atoms with van der Waals surface area (Å²) in [7, 11) is 1.81. The Kier molecular flexibility index (Phi) is 8.25. The number of benzene rings is 1. The summed E-state index contributed by atoms with van der Waals surface area (Å²) >= 11 is 0. The van der Waals surface area contributed by atoms with Crippen LogP contribution in [0.2, 0.25) is 0 Å². The Labute approximate surface area is 176 Å². The van der Waals surface area contributed by atoms with Gasteiger partial charge in [0, 0.05) is 17.8 Å². The van der Waals surface area contributed by atoms with E-state index in [4.69, 9.17) is 5.73 Å². The van der Waals surface area contributed by atoms with Crippen LogP contribution in [0.5, 0.6) is 0 Å². The van der Waals surface area contributed by atoms with Gasteiger partial charge in [0.15, 0.2) is 0 Å². The molecule has 0 saturated heterocycles. The van der Waals surface area contributed by atoms with Gasteiger partial charge >= 0.3 is 0 Å². The fourth-order valence-electron chi connectivity index (χ4n) is 2.90. The van der Waals surface area contributed by atoms with Gasteiger partial charge in [0.2, 0.25) is 11.8 Å². The van der Waals surface area contributed by atoms with E-state index in [0.717, 1.165) is 4.90 Å². The number of anilines is 2. The van der Waals surface area contributed by atoms with Crippen molar-refractivity contribution in [2.24, 2.45) is 11.7 Å². The molecule has 2 rings (SSSR count). The summed E-state index contributed by atoms with van der Waals surface area (Å²) in [6.07, 6.45) is 3.55. The third-order valence-corrected chi connectivity index (χ3v) is 4.78. The van der Waals surface area contributed by atoms with Crippen LogP contribution in [0.15, 0.2) is 36.4 Å². The third-order valence-electron chi connectivity index (χ3n) is 4.78. The maximum Gasteiger partial charge on any atom is 0.258 e. The molecule has 0 aliphatic carbocycles. The van der Waals surface area contributed by atoms with Gasteiger partial charge in [0.25, 0.3) is 11.8 Å². The average molecular weight is 415 g/mol. The number of rotatable bonds is 10. The van der Waals surface area contributed by atoms with Crippen molar-refractivity contribution in [3.8, 4) is 0 Å². The summed E-state index contributed by atoms with van der Waals surface area (Å²) in [6.45, 7) is 4.39. The minimum atomic E-state index is -0.735. The van der Waals surface area contributed by atoms with Gasteiger partial charge in [-0.25, -0.2) is 4.90 Å². The van der Waals surface area contributed by atoms with Gasteiger partial charge in [-0.3, -0.25) is 19.2 Å². The zero-order valence-electron chi connectivity index (χ0n) is 17.5. The quantitative estimate of drug-likeness (QED) is 0.325. The van der Waals surface area contributed by atoms with Crippen LogP contribution >= 0.6 is 0 Å². The maximum absolute atomic E-state index is 12.8. The lowest BCUT2D eigenvalue weighted by molar-refractivity contribution is -0.128. The fraction of sp³-hybridized carbons (Fsp3) is 0.429. The molecular weight excluding hydrogens is 386 g/mol. The summed E-state index contributed by atoms with van der Waals surface area (Å²) in [5.74, 6) is -1.61. The summed E-state index contributed by atoms with van der Waals surface area (Å²) in [5, 5.41) is 8.51. The molecule has 2 atom stereocenters. The molecule has 0 saturated carbocycles. The number of nitrogens with one attached hydrogen (secondary N) is 3. The van der Waals surface area contributed by atoms with Crippen molar-refractivity contribution >= 4 is 35.0 Å². The highest BCUT2D eigenvalue weighted by atomic mass is 16.2. The molecule has 1 aliphatic rings. The molecule has 162 valence electrons. The van der Waals surface area contributed by atoms with Crippen molar-refractivity contribution in [2.75, 3.05) is 23.8 Å². The average Bonchev–Trinajstić information content (AvgIpc) is 3.05. The standard InChI is InChI=1S/C21H29N5O4/c1-13(2)19(22)21(30)25-16(5-4-12-23-3)20(29)24-14-6-8-15(9-7-14)26-17(27)10-11-18(26)28/h6-11,13,16,19,23H,4-5,12,22H2,1-3H3,(H,24,29)(H,25,30)/t16-,19?/m0/s1. The van der Waals surface area contributed by atoms with Crippen molar-refractivity contribution < 1.29 is 19.2 Å². The van der Waals surface area contributed by atoms with E-state index in [1.807, 2.05) is 20.9 Å². The first kappa shape index (κ1) is 23.2. The first-order valence-corrected chi connectivity index (χ1v) is 9.92. The molecule has 1 heterocycles. The first-order chi connectivity index (χ1) is 14.2. The number of hydrogen-bond acceptors (Lipinski definition) is 6. The third kappa shape index (κ3) is 5.98. The zero-order chi connectivity index (χ0) is 22.3. The molecule has 1 unspecified atom stereocenters. The van der Waals surface area contributed by atoms with Crippen LogP contribution in [0, 0.1) is 5.92 Å². The van der Waals surface area contributed by atoms with Gasteiger partial charge < -0.3 is 21.7 Å². The van der Waals surface area contributed by atoms with Crippen LogP contribution in [0.25, 0.3) is 0 Å². The van der Waals surface area contributed by atoms with E-state index in [9.17, 15) is 19.2 Å². The predicted molar refractivity (Wildman–Crippen MR) is 115 cm³/mol. The van der Waals surface area contributed by atoms with Crippen molar-refractivity contribution in [1.82, 2.24) is 10.6 Å². The minimum Gasteiger partial charge on any atom is -0.343 e. The van der Waals surface area contributed by atoms with E-state index in [-0.39, 0.29) is 17.7 Å². The Morgan fingerprint density at radius 1 is 1.03 bits per heavy atom. The second kappa shape index (κ2) is 10.7. The molecule has 0 bridgehead atoms. The van der Waals surface area contributed by atoms with Crippen LogP contribution in [0.3, 0.4) is 0 Å². The molecule has 9 heteroatoms. The molecule has 0 fully saturated rings. The summed E-state index contributed by atoms with van der Waals surface area (Å²) in [6, 6.07) is 4.90. The lowest BCUT2D eigenvalue weighted by Crippen LogP contribution is -2.51.